The number of aromatic nitrogens is 2. The SMILES string of the molecule is O=C(c1cc2ncc(N3CCOCC3)cc2[nH]1)N1CCC(c2ccccc2CC(F)(F)F)CC1. The van der Waals surface area contributed by atoms with E-state index >= 15 is 0 Å². The Morgan fingerprint density at radius 2 is 1.82 bits per heavy atom. The lowest BCUT2D eigenvalue weighted by atomic mass is 9.85. The maximum Gasteiger partial charge on any atom is 0.393 e. The number of ether oxygens (including phenoxy) is 1. The Morgan fingerprint density at radius 1 is 1.09 bits per heavy atom. The Bertz CT molecular complexity index is 1160. The number of alkyl halides is 3. The summed E-state index contributed by atoms with van der Waals surface area (Å²) >= 11 is 0. The largest absolute Gasteiger partial charge is 0.393 e. The van der Waals surface area contributed by atoms with E-state index in [9.17, 15) is 18.0 Å². The molecule has 34 heavy (non-hydrogen) atoms. The molecule has 9 heteroatoms. The van der Waals surface area contributed by atoms with Gasteiger partial charge in [-0.2, -0.15) is 13.2 Å². The van der Waals surface area contributed by atoms with Crippen molar-refractivity contribution in [2.24, 2.45) is 0 Å². The van der Waals surface area contributed by atoms with Crippen LogP contribution in [0.15, 0.2) is 42.6 Å². The standard InChI is InChI=1S/C25H27F3N4O2/c26-25(27,28)15-18-3-1-2-4-20(18)17-5-7-32(8-6-17)24(33)23-14-21-22(30-23)13-19(16-29-21)31-9-11-34-12-10-31/h1-4,13-14,16-17,30H,5-12,15H2. The van der Waals surface area contributed by atoms with Crippen LogP contribution in [-0.4, -0.2) is 66.3 Å². The zero-order valence-corrected chi connectivity index (χ0v) is 18.8. The molecular formula is C25H27F3N4O2. The van der Waals surface area contributed by atoms with E-state index in [1.807, 2.05) is 12.3 Å². The predicted octanol–water partition coefficient (Wildman–Crippen LogP) is 4.52. The molecule has 2 aromatic heterocycles. The number of likely N-dealkylation sites (tertiary alicyclic amines) is 1. The Kier molecular flexibility index (Phi) is 6.20. The fourth-order valence-electron chi connectivity index (χ4n) is 4.98. The molecule has 2 aliphatic heterocycles. The summed E-state index contributed by atoms with van der Waals surface area (Å²) in [6.45, 7) is 3.99. The molecular weight excluding hydrogens is 445 g/mol. The monoisotopic (exact) mass is 472 g/mol. The van der Waals surface area contributed by atoms with Gasteiger partial charge in [-0.15, -0.1) is 0 Å². The topological polar surface area (TPSA) is 61.5 Å². The van der Waals surface area contributed by atoms with Crippen molar-refractivity contribution in [3.63, 3.8) is 0 Å². The molecule has 2 aliphatic rings. The Hall–Kier alpha value is -3.07. The van der Waals surface area contributed by atoms with Crippen molar-refractivity contribution in [2.75, 3.05) is 44.3 Å². The highest BCUT2D eigenvalue weighted by atomic mass is 19.4. The number of hydrogen-bond acceptors (Lipinski definition) is 4. The van der Waals surface area contributed by atoms with Crippen molar-refractivity contribution >= 4 is 22.6 Å². The fourth-order valence-corrected chi connectivity index (χ4v) is 4.98. The van der Waals surface area contributed by atoms with E-state index in [0.29, 0.717) is 50.4 Å². The molecule has 4 heterocycles. The van der Waals surface area contributed by atoms with Gasteiger partial charge in [0.05, 0.1) is 42.6 Å². The number of H-pyrrole nitrogens is 1. The average molecular weight is 473 g/mol. The van der Waals surface area contributed by atoms with Crippen LogP contribution in [0.4, 0.5) is 18.9 Å². The van der Waals surface area contributed by atoms with Crippen molar-refractivity contribution in [2.45, 2.75) is 31.4 Å². The Labute approximate surface area is 195 Å². The van der Waals surface area contributed by atoms with Gasteiger partial charge in [-0.3, -0.25) is 9.78 Å². The van der Waals surface area contributed by atoms with Gasteiger partial charge < -0.3 is 19.5 Å². The van der Waals surface area contributed by atoms with Crippen LogP contribution >= 0.6 is 0 Å². The molecule has 1 amide bonds. The molecule has 3 aromatic rings. The number of amides is 1. The van der Waals surface area contributed by atoms with Gasteiger partial charge in [-0.1, -0.05) is 24.3 Å². The van der Waals surface area contributed by atoms with Crippen molar-refractivity contribution in [3.05, 3.63) is 59.4 Å². The molecule has 1 N–H and O–H groups in total. The summed E-state index contributed by atoms with van der Waals surface area (Å²) < 4.78 is 44.4. The number of aromatic amines is 1. The highest BCUT2D eigenvalue weighted by molar-refractivity contribution is 5.97. The second-order valence-corrected chi connectivity index (χ2v) is 8.97. The van der Waals surface area contributed by atoms with Crippen LogP contribution in [0.5, 0.6) is 0 Å². The maximum absolute atomic E-state index is 13.1. The van der Waals surface area contributed by atoms with Crippen LogP contribution in [0.1, 0.15) is 40.4 Å². The van der Waals surface area contributed by atoms with E-state index in [1.54, 1.807) is 35.2 Å². The van der Waals surface area contributed by atoms with Gasteiger partial charge in [0.15, 0.2) is 0 Å². The molecule has 0 spiro atoms. The molecule has 0 radical (unpaired) electrons. The highest BCUT2D eigenvalue weighted by Crippen LogP contribution is 2.34. The molecule has 0 atom stereocenters. The number of anilines is 1. The van der Waals surface area contributed by atoms with Crippen LogP contribution in [-0.2, 0) is 11.2 Å². The molecule has 2 saturated heterocycles. The molecule has 6 nitrogen and oxygen atoms in total. The number of nitrogens with one attached hydrogen (secondary N) is 1. The smallest absolute Gasteiger partial charge is 0.378 e. The molecule has 0 saturated carbocycles. The first kappa shape index (κ1) is 22.7. The molecule has 1 aromatic carbocycles. The molecule has 0 unspecified atom stereocenters. The number of halogens is 3. The zero-order chi connectivity index (χ0) is 23.7. The third kappa shape index (κ3) is 4.89. The van der Waals surface area contributed by atoms with Crippen molar-refractivity contribution in [1.82, 2.24) is 14.9 Å². The molecule has 0 bridgehead atoms. The van der Waals surface area contributed by atoms with Gasteiger partial charge in [0, 0.05) is 26.2 Å². The van der Waals surface area contributed by atoms with Crippen LogP contribution in [0.3, 0.4) is 0 Å². The molecule has 0 aliphatic carbocycles. The number of carbonyl (C=O) groups is 1. The number of piperidine rings is 1. The number of benzene rings is 1. The summed E-state index contributed by atoms with van der Waals surface area (Å²) in [7, 11) is 0. The van der Waals surface area contributed by atoms with E-state index in [0.717, 1.165) is 35.4 Å². The minimum Gasteiger partial charge on any atom is -0.378 e. The van der Waals surface area contributed by atoms with Gasteiger partial charge in [0.2, 0.25) is 0 Å². The zero-order valence-electron chi connectivity index (χ0n) is 18.8. The van der Waals surface area contributed by atoms with E-state index < -0.39 is 12.6 Å². The summed E-state index contributed by atoms with van der Waals surface area (Å²) in [6, 6.07) is 10.6. The number of rotatable bonds is 4. The molecule has 180 valence electrons. The Morgan fingerprint density at radius 3 is 2.56 bits per heavy atom. The van der Waals surface area contributed by atoms with Crippen LogP contribution in [0.2, 0.25) is 0 Å². The fraction of sp³-hybridized carbons (Fsp3) is 0.440. The summed E-state index contributed by atoms with van der Waals surface area (Å²) in [5, 5.41) is 0. The number of pyridine rings is 1. The minimum absolute atomic E-state index is 0.0167. The number of hydrogen-bond donors (Lipinski definition) is 1. The lowest BCUT2D eigenvalue weighted by molar-refractivity contribution is -0.127. The second kappa shape index (κ2) is 9.29. The number of morpholine rings is 1. The summed E-state index contributed by atoms with van der Waals surface area (Å²) in [5.41, 5.74) is 4.10. The van der Waals surface area contributed by atoms with E-state index in [-0.39, 0.29) is 11.8 Å². The van der Waals surface area contributed by atoms with Crippen molar-refractivity contribution in [3.8, 4) is 0 Å². The summed E-state index contributed by atoms with van der Waals surface area (Å²) in [4.78, 5) is 24.9. The third-order valence-corrected chi connectivity index (χ3v) is 6.73. The van der Waals surface area contributed by atoms with Crippen LogP contribution in [0, 0.1) is 0 Å². The number of fused-ring (bicyclic) bond motifs is 1. The quantitative estimate of drug-likeness (QED) is 0.607. The average Bonchev–Trinajstić information content (AvgIpc) is 3.27. The van der Waals surface area contributed by atoms with Crippen molar-refractivity contribution < 1.29 is 22.7 Å². The van der Waals surface area contributed by atoms with Crippen LogP contribution < -0.4 is 4.90 Å². The van der Waals surface area contributed by atoms with Gasteiger partial charge in [0.25, 0.3) is 5.91 Å². The number of carbonyl (C=O) groups excluding carboxylic acids is 1. The van der Waals surface area contributed by atoms with E-state index in [1.165, 1.54) is 0 Å². The lowest BCUT2D eigenvalue weighted by Gasteiger charge is -2.33. The first-order valence-corrected chi connectivity index (χ1v) is 11.6. The van der Waals surface area contributed by atoms with Gasteiger partial charge in [-0.05, 0) is 42.0 Å². The second-order valence-electron chi connectivity index (χ2n) is 8.97. The van der Waals surface area contributed by atoms with Gasteiger partial charge in [0.1, 0.15) is 5.69 Å². The van der Waals surface area contributed by atoms with Crippen molar-refractivity contribution in [1.29, 1.82) is 0 Å². The summed E-state index contributed by atoms with van der Waals surface area (Å²) in [6.07, 6.45) is -2.06. The minimum atomic E-state index is -4.24. The molecule has 5 rings (SSSR count). The normalized spacial score (nSPS) is 18.0. The van der Waals surface area contributed by atoms with Gasteiger partial charge in [-0.25, -0.2) is 0 Å². The first-order valence-electron chi connectivity index (χ1n) is 11.6. The summed E-state index contributed by atoms with van der Waals surface area (Å²) in [5.74, 6) is -0.0870. The lowest BCUT2D eigenvalue weighted by Crippen LogP contribution is -2.38. The third-order valence-electron chi connectivity index (χ3n) is 6.73. The van der Waals surface area contributed by atoms with E-state index in [2.05, 4.69) is 14.9 Å². The number of nitrogens with zero attached hydrogens (tertiary/aromatic N) is 3. The predicted molar refractivity (Wildman–Crippen MR) is 123 cm³/mol. The van der Waals surface area contributed by atoms with Gasteiger partial charge >= 0.3 is 6.18 Å². The Balaban J connectivity index is 1.26. The molecule has 2 fully saturated rings. The maximum atomic E-state index is 13.1. The van der Waals surface area contributed by atoms with Crippen LogP contribution in [0.25, 0.3) is 11.0 Å². The van der Waals surface area contributed by atoms with E-state index in [4.69, 9.17) is 4.74 Å². The highest BCUT2D eigenvalue weighted by Gasteiger charge is 2.32. The first-order chi connectivity index (χ1) is 16.4.